The van der Waals surface area contributed by atoms with E-state index in [2.05, 4.69) is 15.3 Å². The molecule has 1 aromatic carbocycles. The van der Waals surface area contributed by atoms with Gasteiger partial charge in [0.15, 0.2) is 0 Å². The summed E-state index contributed by atoms with van der Waals surface area (Å²) in [6.45, 7) is 2.42. The van der Waals surface area contributed by atoms with Gasteiger partial charge in [-0.05, 0) is 18.6 Å². The van der Waals surface area contributed by atoms with Crippen molar-refractivity contribution in [2.24, 2.45) is 0 Å². The van der Waals surface area contributed by atoms with Crippen molar-refractivity contribution in [3.63, 3.8) is 0 Å². The minimum atomic E-state index is -4.32. The van der Waals surface area contributed by atoms with E-state index >= 15 is 0 Å². The molecule has 1 aromatic heterocycles. The van der Waals surface area contributed by atoms with E-state index in [1.54, 1.807) is 12.3 Å². The number of nitrogens with zero attached hydrogens (tertiary/aromatic N) is 1. The Hall–Kier alpha value is -1.82. The molecule has 0 aliphatic heterocycles. The second kappa shape index (κ2) is 5.44. The van der Waals surface area contributed by atoms with Crippen LogP contribution >= 0.6 is 0 Å². The van der Waals surface area contributed by atoms with Crippen molar-refractivity contribution in [1.82, 2.24) is 15.3 Å². The van der Waals surface area contributed by atoms with E-state index in [0.717, 1.165) is 11.8 Å². The molecule has 0 bridgehead atoms. The molecule has 0 aliphatic carbocycles. The topological polar surface area (TPSA) is 40.7 Å². The molecule has 2 N–H and O–H groups in total. The van der Waals surface area contributed by atoms with E-state index < -0.39 is 11.7 Å². The lowest BCUT2D eigenvalue weighted by molar-refractivity contribution is -0.138. The number of hydrogen-bond acceptors (Lipinski definition) is 2. The highest BCUT2D eigenvalue weighted by Crippen LogP contribution is 2.31. The highest BCUT2D eigenvalue weighted by atomic mass is 19.4. The molecule has 0 fully saturated rings. The summed E-state index contributed by atoms with van der Waals surface area (Å²) in [7, 11) is 0. The molecule has 0 unspecified atom stereocenters. The number of H-pyrrole nitrogens is 1. The Morgan fingerprint density at radius 3 is 2.58 bits per heavy atom. The first-order chi connectivity index (χ1) is 8.97. The lowest BCUT2D eigenvalue weighted by Crippen LogP contribution is -2.17. The standard InChI is InChI=1S/C13H14F3N3/c1-9-6-18-12(19-9)8-17-7-10-4-2-3-5-11(10)13(14,15)16/h2-6,17H,7-8H2,1H3,(H,18,19). The average Bonchev–Trinajstić information content (AvgIpc) is 2.74. The summed E-state index contributed by atoms with van der Waals surface area (Å²) >= 11 is 0. The second-order valence-electron chi connectivity index (χ2n) is 4.27. The van der Waals surface area contributed by atoms with Gasteiger partial charge in [0.05, 0.1) is 12.1 Å². The van der Waals surface area contributed by atoms with Gasteiger partial charge < -0.3 is 10.3 Å². The van der Waals surface area contributed by atoms with Gasteiger partial charge in [0, 0.05) is 18.4 Å². The smallest absolute Gasteiger partial charge is 0.345 e. The highest BCUT2D eigenvalue weighted by Gasteiger charge is 2.32. The predicted molar refractivity (Wildman–Crippen MR) is 65.3 cm³/mol. The zero-order valence-electron chi connectivity index (χ0n) is 10.4. The van der Waals surface area contributed by atoms with Gasteiger partial charge >= 0.3 is 6.18 Å². The minimum Gasteiger partial charge on any atom is -0.345 e. The summed E-state index contributed by atoms with van der Waals surface area (Å²) in [6, 6.07) is 5.56. The first-order valence-electron chi connectivity index (χ1n) is 5.83. The number of nitrogens with one attached hydrogen (secondary N) is 2. The first-order valence-corrected chi connectivity index (χ1v) is 5.83. The number of rotatable bonds is 4. The third-order valence-corrected chi connectivity index (χ3v) is 2.69. The van der Waals surface area contributed by atoms with Gasteiger partial charge in [0.25, 0.3) is 0 Å². The van der Waals surface area contributed by atoms with E-state index in [0.29, 0.717) is 12.4 Å². The molecule has 0 saturated carbocycles. The van der Waals surface area contributed by atoms with Crippen molar-refractivity contribution in [3.8, 4) is 0 Å². The molecule has 0 aliphatic rings. The van der Waals surface area contributed by atoms with Gasteiger partial charge in [0.2, 0.25) is 0 Å². The highest BCUT2D eigenvalue weighted by molar-refractivity contribution is 5.29. The summed E-state index contributed by atoms with van der Waals surface area (Å²) in [6.07, 6.45) is -2.64. The number of aryl methyl sites for hydroxylation is 1. The lowest BCUT2D eigenvalue weighted by Gasteiger charge is -2.12. The normalized spacial score (nSPS) is 11.8. The fourth-order valence-electron chi connectivity index (χ4n) is 1.82. The maximum atomic E-state index is 12.8. The fourth-order valence-corrected chi connectivity index (χ4v) is 1.82. The number of aromatic amines is 1. The van der Waals surface area contributed by atoms with Crippen LogP contribution in [0.25, 0.3) is 0 Å². The molecule has 19 heavy (non-hydrogen) atoms. The number of alkyl halides is 3. The van der Waals surface area contributed by atoms with Crippen LogP contribution in [0.15, 0.2) is 30.5 Å². The molecular formula is C13H14F3N3. The van der Waals surface area contributed by atoms with Crippen LogP contribution in [0.3, 0.4) is 0 Å². The van der Waals surface area contributed by atoms with Crippen LogP contribution in [0.4, 0.5) is 13.2 Å². The van der Waals surface area contributed by atoms with Crippen LogP contribution in [-0.2, 0) is 19.3 Å². The summed E-state index contributed by atoms with van der Waals surface area (Å²) in [5.41, 5.74) is 0.559. The van der Waals surface area contributed by atoms with Crippen molar-refractivity contribution in [3.05, 3.63) is 53.1 Å². The molecular weight excluding hydrogens is 255 g/mol. The zero-order valence-corrected chi connectivity index (χ0v) is 10.4. The quantitative estimate of drug-likeness (QED) is 0.895. The molecule has 0 spiro atoms. The van der Waals surface area contributed by atoms with Crippen LogP contribution in [0.1, 0.15) is 22.6 Å². The van der Waals surface area contributed by atoms with Crippen molar-refractivity contribution >= 4 is 0 Å². The van der Waals surface area contributed by atoms with E-state index in [-0.39, 0.29) is 12.1 Å². The molecule has 0 radical (unpaired) electrons. The van der Waals surface area contributed by atoms with Crippen molar-refractivity contribution in [2.75, 3.05) is 0 Å². The average molecular weight is 269 g/mol. The van der Waals surface area contributed by atoms with Crippen LogP contribution in [0, 0.1) is 6.92 Å². The monoisotopic (exact) mass is 269 g/mol. The number of aromatic nitrogens is 2. The Bertz CT molecular complexity index is 546. The molecule has 0 atom stereocenters. The Balaban J connectivity index is 2.00. The molecule has 0 saturated heterocycles. The summed E-state index contributed by atoms with van der Waals surface area (Å²) in [4.78, 5) is 7.09. The zero-order chi connectivity index (χ0) is 13.9. The number of hydrogen-bond donors (Lipinski definition) is 2. The van der Waals surface area contributed by atoms with Crippen LogP contribution in [0.5, 0.6) is 0 Å². The first kappa shape index (κ1) is 13.6. The second-order valence-corrected chi connectivity index (χ2v) is 4.27. The van der Waals surface area contributed by atoms with Crippen molar-refractivity contribution < 1.29 is 13.2 Å². The summed E-state index contributed by atoms with van der Waals surface area (Å²) in [5.74, 6) is 0.710. The van der Waals surface area contributed by atoms with Gasteiger partial charge in [-0.1, -0.05) is 18.2 Å². The molecule has 6 heteroatoms. The maximum absolute atomic E-state index is 12.8. The summed E-state index contributed by atoms with van der Waals surface area (Å²) < 4.78 is 38.3. The molecule has 102 valence electrons. The number of benzene rings is 1. The Morgan fingerprint density at radius 2 is 1.95 bits per heavy atom. The number of imidazole rings is 1. The Kier molecular flexibility index (Phi) is 3.90. The van der Waals surface area contributed by atoms with Gasteiger partial charge in [-0.2, -0.15) is 13.2 Å². The Labute approximate surface area is 108 Å². The largest absolute Gasteiger partial charge is 0.416 e. The van der Waals surface area contributed by atoms with Gasteiger partial charge in [-0.15, -0.1) is 0 Å². The molecule has 2 aromatic rings. The van der Waals surface area contributed by atoms with Crippen LogP contribution in [0.2, 0.25) is 0 Å². The van der Waals surface area contributed by atoms with E-state index in [9.17, 15) is 13.2 Å². The van der Waals surface area contributed by atoms with Gasteiger partial charge in [-0.3, -0.25) is 0 Å². The SMILES string of the molecule is Cc1cnc(CNCc2ccccc2C(F)(F)F)[nH]1. The third kappa shape index (κ3) is 3.57. The van der Waals surface area contributed by atoms with Gasteiger partial charge in [0.1, 0.15) is 5.82 Å². The Morgan fingerprint density at radius 1 is 1.21 bits per heavy atom. The molecule has 2 rings (SSSR count). The molecule has 0 amide bonds. The van der Waals surface area contributed by atoms with E-state index in [1.165, 1.54) is 12.1 Å². The summed E-state index contributed by atoms with van der Waals surface area (Å²) in [5, 5.41) is 2.95. The maximum Gasteiger partial charge on any atom is 0.416 e. The predicted octanol–water partition coefficient (Wildman–Crippen LogP) is 3.03. The molecule has 1 heterocycles. The number of halogens is 3. The van der Waals surface area contributed by atoms with E-state index in [4.69, 9.17) is 0 Å². The van der Waals surface area contributed by atoms with Crippen LogP contribution in [-0.4, -0.2) is 9.97 Å². The van der Waals surface area contributed by atoms with Crippen molar-refractivity contribution in [1.29, 1.82) is 0 Å². The van der Waals surface area contributed by atoms with Gasteiger partial charge in [-0.25, -0.2) is 4.98 Å². The molecule has 3 nitrogen and oxygen atoms in total. The third-order valence-electron chi connectivity index (χ3n) is 2.69. The lowest BCUT2D eigenvalue weighted by atomic mass is 10.1. The van der Waals surface area contributed by atoms with Crippen LogP contribution < -0.4 is 5.32 Å². The van der Waals surface area contributed by atoms with E-state index in [1.807, 2.05) is 6.92 Å². The minimum absolute atomic E-state index is 0.148. The van der Waals surface area contributed by atoms with Crippen molar-refractivity contribution in [2.45, 2.75) is 26.2 Å². The fraction of sp³-hybridized carbons (Fsp3) is 0.308.